The number of esters is 2. The first-order valence-electron chi connectivity index (χ1n) is 37.4. The van der Waals surface area contributed by atoms with Crippen molar-refractivity contribution in [2.75, 3.05) is 47.5 Å². The lowest BCUT2D eigenvalue weighted by atomic mass is 10.0. The molecule has 0 spiro atoms. The Balaban J connectivity index is 4.03. The molecule has 2 unspecified atom stereocenters. The molecule has 516 valence electrons. The number of phosphoric ester groups is 1. The zero-order valence-corrected chi connectivity index (χ0v) is 59.8. The summed E-state index contributed by atoms with van der Waals surface area (Å²) in [5.74, 6) is -0.855. The predicted octanol–water partition coefficient (Wildman–Crippen LogP) is 24.0. The SMILES string of the molecule is CC/C=C\C/C=C\C/C=C\C/C=C\C/C=C\C/C=C\C/C=C\C/C=C\CCCCCCC(=O)OC(COC(=O)CCCCCCCCCCCCCCCCCCCCCCCCCCCCCCCCCCCCCC)COP(=O)([O-])OCC[N+](C)(C)C. The molecule has 0 aromatic carbocycles. The summed E-state index contributed by atoms with van der Waals surface area (Å²) < 4.78 is 34.3. The molecule has 0 aliphatic carbocycles. The van der Waals surface area contributed by atoms with Gasteiger partial charge in [0, 0.05) is 12.8 Å². The summed E-state index contributed by atoms with van der Waals surface area (Å²) in [7, 11) is 1.15. The van der Waals surface area contributed by atoms with Gasteiger partial charge in [0.05, 0.1) is 27.7 Å². The van der Waals surface area contributed by atoms with Gasteiger partial charge in [0.1, 0.15) is 19.8 Å². The summed E-state index contributed by atoms with van der Waals surface area (Å²) >= 11 is 0. The van der Waals surface area contributed by atoms with Crippen LogP contribution in [0.15, 0.2) is 97.2 Å². The minimum Gasteiger partial charge on any atom is -0.756 e. The molecule has 0 saturated heterocycles. The van der Waals surface area contributed by atoms with Gasteiger partial charge in [-0.3, -0.25) is 14.2 Å². The van der Waals surface area contributed by atoms with E-state index >= 15 is 0 Å². The fourth-order valence-corrected chi connectivity index (χ4v) is 11.4. The molecule has 0 radical (unpaired) electrons. The smallest absolute Gasteiger partial charge is 0.306 e. The summed E-state index contributed by atoms with van der Waals surface area (Å²) in [5, 5.41) is 0. The molecule has 0 saturated carbocycles. The van der Waals surface area contributed by atoms with Crippen molar-refractivity contribution in [3.63, 3.8) is 0 Å². The molecule has 0 aliphatic heterocycles. The summed E-state index contributed by atoms with van der Waals surface area (Å²) in [6.45, 7) is 4.13. The Bertz CT molecular complexity index is 1820. The monoisotopic (exact) mass is 1260 g/mol. The van der Waals surface area contributed by atoms with Crippen LogP contribution in [-0.2, 0) is 32.7 Å². The number of quaternary nitrogens is 1. The number of hydrogen-bond donors (Lipinski definition) is 0. The van der Waals surface area contributed by atoms with Crippen LogP contribution >= 0.6 is 7.82 Å². The van der Waals surface area contributed by atoms with Crippen molar-refractivity contribution < 1.29 is 42.1 Å². The van der Waals surface area contributed by atoms with E-state index in [0.717, 1.165) is 96.3 Å². The topological polar surface area (TPSA) is 111 Å². The summed E-state index contributed by atoms with van der Waals surface area (Å²) in [4.78, 5) is 38.1. The number of allylic oxidation sites excluding steroid dienone is 16. The van der Waals surface area contributed by atoms with Gasteiger partial charge < -0.3 is 27.9 Å². The second-order valence-corrected chi connectivity index (χ2v) is 27.7. The molecule has 0 amide bonds. The zero-order valence-electron chi connectivity index (χ0n) is 58.9. The van der Waals surface area contributed by atoms with Crippen molar-refractivity contribution in [3.05, 3.63) is 97.2 Å². The Kier molecular flexibility index (Phi) is 66.9. The molecule has 0 aromatic heterocycles. The van der Waals surface area contributed by atoms with E-state index in [-0.39, 0.29) is 32.0 Å². The number of ether oxygens (including phenoxy) is 2. The van der Waals surface area contributed by atoms with Crippen LogP contribution in [0.25, 0.3) is 0 Å². The van der Waals surface area contributed by atoms with Gasteiger partial charge in [-0.1, -0.05) is 349 Å². The quantitative estimate of drug-likeness (QED) is 0.0195. The maximum absolute atomic E-state index is 12.9. The highest BCUT2D eigenvalue weighted by Crippen LogP contribution is 2.38. The molecular formula is C79H142NO8P. The largest absolute Gasteiger partial charge is 0.756 e. The van der Waals surface area contributed by atoms with Crippen LogP contribution in [0.2, 0.25) is 0 Å². The molecule has 9 nitrogen and oxygen atoms in total. The summed E-state index contributed by atoms with van der Waals surface area (Å²) in [6, 6.07) is 0. The second kappa shape index (κ2) is 69.3. The number of nitrogens with zero attached hydrogens (tertiary/aromatic N) is 1. The Hall–Kier alpha value is -3.07. The molecule has 2 atom stereocenters. The van der Waals surface area contributed by atoms with E-state index in [0.29, 0.717) is 17.4 Å². The van der Waals surface area contributed by atoms with Crippen LogP contribution in [0.5, 0.6) is 0 Å². The zero-order chi connectivity index (χ0) is 64.8. The fraction of sp³-hybridized carbons (Fsp3) is 0.772. The Morgan fingerprint density at radius 3 is 0.955 bits per heavy atom. The normalized spacial score (nSPS) is 13.6. The summed E-state index contributed by atoms with van der Waals surface area (Å²) in [5.41, 5.74) is 0. The van der Waals surface area contributed by atoms with E-state index in [1.807, 2.05) is 21.1 Å². The average molecular weight is 1260 g/mol. The number of hydrogen-bond acceptors (Lipinski definition) is 8. The van der Waals surface area contributed by atoms with Crippen molar-refractivity contribution in [1.29, 1.82) is 0 Å². The van der Waals surface area contributed by atoms with Gasteiger partial charge in [0.15, 0.2) is 6.10 Å². The van der Waals surface area contributed by atoms with Crippen molar-refractivity contribution >= 4 is 19.8 Å². The van der Waals surface area contributed by atoms with Crippen LogP contribution in [0, 0.1) is 0 Å². The molecule has 0 heterocycles. The Morgan fingerprint density at radius 1 is 0.360 bits per heavy atom. The highest BCUT2D eigenvalue weighted by Gasteiger charge is 2.22. The first kappa shape index (κ1) is 85.9. The molecule has 0 aromatic rings. The maximum atomic E-state index is 12.9. The standard InChI is InChI=1S/C79H142NO8P/c1-6-8-10-12-14-16-18-20-22-24-26-28-30-32-34-36-37-38-39-40-41-42-44-45-47-49-51-53-55-57-59-61-63-65-67-69-71-78(81)85-75-77(76-87-89(83,84)86-74-73-80(3,4)5)88-79(82)72-70-68-66-64-62-60-58-56-54-52-50-48-46-43-35-33-31-29-27-25-23-21-19-17-15-13-11-9-7-2/h9,11,15,17,21,23,27,29,33,35,46,48,52,54,58,60,77H,6-8,10,12-14,16,18-20,22,24-26,28,30-32,34,36-45,47,49-51,53,55-57,59,61-76H2,1-5H3/b11-9-,17-15-,23-21-,29-27-,35-33-,48-46-,54-52-,60-58-. The number of likely N-dealkylation sites (N-methyl/N-ethyl adjacent to an activating group) is 1. The molecule has 0 N–H and O–H groups in total. The molecule has 0 fully saturated rings. The fourth-order valence-electron chi connectivity index (χ4n) is 10.7. The first-order valence-corrected chi connectivity index (χ1v) is 38.9. The third-order valence-corrected chi connectivity index (χ3v) is 17.3. The second-order valence-electron chi connectivity index (χ2n) is 26.3. The van der Waals surface area contributed by atoms with Crippen LogP contribution < -0.4 is 4.89 Å². The van der Waals surface area contributed by atoms with Crippen LogP contribution in [0.1, 0.15) is 341 Å². The van der Waals surface area contributed by atoms with Crippen LogP contribution in [-0.4, -0.2) is 70.0 Å². The Morgan fingerprint density at radius 2 is 0.640 bits per heavy atom. The van der Waals surface area contributed by atoms with Crippen molar-refractivity contribution in [3.8, 4) is 0 Å². The lowest BCUT2D eigenvalue weighted by Gasteiger charge is -2.28. The molecule has 10 heteroatoms. The van der Waals surface area contributed by atoms with E-state index in [9.17, 15) is 19.0 Å². The van der Waals surface area contributed by atoms with E-state index in [1.165, 1.54) is 212 Å². The van der Waals surface area contributed by atoms with E-state index < -0.39 is 26.5 Å². The number of carbonyl (C=O) groups is 2. The predicted molar refractivity (Wildman–Crippen MR) is 383 cm³/mol. The van der Waals surface area contributed by atoms with Gasteiger partial charge in [0.2, 0.25) is 0 Å². The third kappa shape index (κ3) is 73.9. The summed E-state index contributed by atoms with van der Waals surface area (Å²) in [6.07, 6.45) is 96.6. The van der Waals surface area contributed by atoms with Gasteiger partial charge in [-0.25, -0.2) is 0 Å². The number of unbranched alkanes of at least 4 members (excludes halogenated alkanes) is 39. The average Bonchev–Trinajstić information content (AvgIpc) is 3.60. The lowest BCUT2D eigenvalue weighted by molar-refractivity contribution is -0.870. The maximum Gasteiger partial charge on any atom is 0.306 e. The molecule has 0 rings (SSSR count). The van der Waals surface area contributed by atoms with Crippen molar-refractivity contribution in [2.24, 2.45) is 0 Å². The van der Waals surface area contributed by atoms with Gasteiger partial charge in [-0.05, 0) is 77.0 Å². The van der Waals surface area contributed by atoms with Gasteiger partial charge in [-0.2, -0.15) is 0 Å². The van der Waals surface area contributed by atoms with Crippen LogP contribution in [0.4, 0.5) is 0 Å². The first-order chi connectivity index (χ1) is 43.5. The van der Waals surface area contributed by atoms with Gasteiger partial charge in [0.25, 0.3) is 7.82 Å². The molecule has 89 heavy (non-hydrogen) atoms. The van der Waals surface area contributed by atoms with Crippen molar-refractivity contribution in [1.82, 2.24) is 0 Å². The Labute approximate surface area is 551 Å². The minimum atomic E-state index is -4.66. The van der Waals surface area contributed by atoms with E-state index in [4.69, 9.17) is 18.5 Å². The van der Waals surface area contributed by atoms with Crippen molar-refractivity contribution in [2.45, 2.75) is 347 Å². The van der Waals surface area contributed by atoms with Crippen LogP contribution in [0.3, 0.4) is 0 Å². The minimum absolute atomic E-state index is 0.0396. The number of phosphoric acid groups is 1. The lowest BCUT2D eigenvalue weighted by Crippen LogP contribution is -2.37. The van der Waals surface area contributed by atoms with Gasteiger partial charge in [-0.15, -0.1) is 0 Å². The molecule has 0 bridgehead atoms. The van der Waals surface area contributed by atoms with E-state index in [2.05, 4.69) is 111 Å². The highest BCUT2D eigenvalue weighted by atomic mass is 31.2. The molecule has 0 aliphatic rings. The third-order valence-electron chi connectivity index (χ3n) is 16.4. The molecular weight excluding hydrogens is 1120 g/mol. The van der Waals surface area contributed by atoms with Gasteiger partial charge >= 0.3 is 11.9 Å². The number of rotatable bonds is 69. The number of carbonyl (C=O) groups excluding carboxylic acids is 2. The highest BCUT2D eigenvalue weighted by molar-refractivity contribution is 7.45. The van der Waals surface area contributed by atoms with E-state index in [1.54, 1.807) is 0 Å².